The van der Waals surface area contributed by atoms with Crippen molar-refractivity contribution in [2.75, 3.05) is 33.1 Å². The van der Waals surface area contributed by atoms with Crippen molar-refractivity contribution < 1.29 is 34.8 Å². The van der Waals surface area contributed by atoms with Crippen molar-refractivity contribution in [2.45, 2.75) is 77.1 Å². The van der Waals surface area contributed by atoms with Gasteiger partial charge in [-0.05, 0) is 86.1 Å². The molecule has 1 aromatic rings. The summed E-state index contributed by atoms with van der Waals surface area (Å²) in [7, 11) is 7.02. The van der Waals surface area contributed by atoms with E-state index in [4.69, 9.17) is 5.73 Å². The molecule has 7 N–H and O–H groups in total. The van der Waals surface area contributed by atoms with E-state index in [2.05, 4.69) is 26.1 Å². The number of aliphatic hydroxyl groups is 3. The molecule has 2 bridgehead atoms. The summed E-state index contributed by atoms with van der Waals surface area (Å²) in [5.41, 5.74) is 4.51. The van der Waals surface area contributed by atoms with Crippen molar-refractivity contribution in [1.29, 1.82) is 0 Å². The van der Waals surface area contributed by atoms with Crippen LogP contribution >= 0.6 is 0 Å². The number of hydrogen-bond acceptors (Lipinski definition) is 10. The number of ketones is 2. The first-order valence-corrected chi connectivity index (χ1v) is 15.8. The number of rotatable bonds is 6. The number of carbonyl (C=O) groups excluding carboxylic acids is 3. The van der Waals surface area contributed by atoms with E-state index in [-0.39, 0.29) is 40.6 Å². The first-order chi connectivity index (χ1) is 20.9. The molecule has 2 unspecified atom stereocenters. The lowest BCUT2D eigenvalue weighted by molar-refractivity contribution is -0.148. The number of aliphatic hydroxyl groups excluding tert-OH is 2. The molecule has 2 saturated carbocycles. The third kappa shape index (κ3) is 4.02. The van der Waals surface area contributed by atoms with E-state index in [0.717, 1.165) is 17.7 Å². The number of primary amides is 1. The summed E-state index contributed by atoms with van der Waals surface area (Å²) < 4.78 is 0. The average molecular weight is 623 g/mol. The third-order valence-electron chi connectivity index (χ3n) is 12.6. The Balaban J connectivity index is 1.42. The highest BCUT2D eigenvalue weighted by Crippen LogP contribution is 2.65. The number of nitrogens with zero attached hydrogens (tertiary/aromatic N) is 2. The van der Waals surface area contributed by atoms with E-state index in [1.807, 2.05) is 19.0 Å². The number of fused-ring (bicyclic) bond motifs is 5. The number of anilines is 1. The van der Waals surface area contributed by atoms with E-state index in [1.54, 1.807) is 25.1 Å². The molecule has 0 saturated heterocycles. The van der Waals surface area contributed by atoms with Crippen LogP contribution in [0.4, 0.5) is 5.69 Å². The monoisotopic (exact) mass is 622 g/mol. The summed E-state index contributed by atoms with van der Waals surface area (Å²) in [4.78, 5) is 43.4. The normalized spacial score (nSPS) is 35.1. The lowest BCUT2D eigenvalue weighted by Crippen LogP contribution is -2.63. The van der Waals surface area contributed by atoms with E-state index >= 15 is 0 Å². The highest BCUT2D eigenvalue weighted by molar-refractivity contribution is 6.24. The number of hydrogen-bond donors (Lipinski definition) is 6. The van der Waals surface area contributed by atoms with Crippen LogP contribution in [0.1, 0.15) is 67.9 Å². The summed E-state index contributed by atoms with van der Waals surface area (Å²) in [6.07, 6.45) is 3.81. The molecule has 5 aliphatic carbocycles. The van der Waals surface area contributed by atoms with Crippen molar-refractivity contribution in [3.05, 3.63) is 45.4 Å². The molecule has 1 amide bonds. The van der Waals surface area contributed by atoms with Gasteiger partial charge in [0.1, 0.15) is 22.8 Å². The van der Waals surface area contributed by atoms with Gasteiger partial charge in [0.2, 0.25) is 5.78 Å². The number of nitrogens with one attached hydrogen (secondary N) is 1. The number of likely N-dealkylation sites (N-methyl/N-ethyl adjacent to an activating group) is 1. The number of allylic oxidation sites excluding steroid dienone is 1. The van der Waals surface area contributed by atoms with Gasteiger partial charge in [-0.1, -0.05) is 20.8 Å². The second kappa shape index (κ2) is 10.0. The molecule has 45 heavy (non-hydrogen) atoms. The number of benzene rings is 1. The molecule has 244 valence electrons. The average Bonchev–Trinajstić information content (AvgIpc) is 3.26. The standard InChI is InChI=1S/C34H46N4O7/c1-32(2)17-8-9-33(32,3)21(13-17)36-14-16-12-20(39)23-18(25(16)37(4)5)10-15-11-19-26(38(6)7)28(41)24(31(35)44)30(43)34(19,45)29(42)22(15)27(23)40/h12,15,17,19,21,26,36,39,41-42,45H,8-11,13-14H2,1-7H3,(H2,35,44)/t15-,17?,19-,21-,26-,33?,34-/m0/s1. The highest BCUT2D eigenvalue weighted by Gasteiger charge is 2.64. The van der Waals surface area contributed by atoms with Gasteiger partial charge in [-0.15, -0.1) is 0 Å². The number of Topliss-reactive ketones (excluding diaryl/α,β-unsaturated/α-hetero) is 2. The summed E-state index contributed by atoms with van der Waals surface area (Å²) in [6.45, 7) is 7.60. The Labute approximate surface area is 263 Å². The summed E-state index contributed by atoms with van der Waals surface area (Å²) in [5, 5.41) is 49.5. The van der Waals surface area contributed by atoms with Crippen LogP contribution in [0.15, 0.2) is 28.7 Å². The van der Waals surface area contributed by atoms with Crippen LogP contribution in [-0.2, 0) is 22.6 Å². The molecule has 2 fully saturated rings. The van der Waals surface area contributed by atoms with Gasteiger partial charge >= 0.3 is 0 Å². The van der Waals surface area contributed by atoms with Gasteiger partial charge in [0.25, 0.3) is 5.91 Å². The molecule has 7 atom stereocenters. The molecule has 11 heteroatoms. The number of phenolic OH excluding ortho intramolecular Hbond substituents is 1. The zero-order chi connectivity index (χ0) is 33.1. The Hall–Kier alpha value is -3.41. The molecule has 0 aromatic heterocycles. The van der Waals surface area contributed by atoms with Crippen molar-refractivity contribution in [3.63, 3.8) is 0 Å². The SMILES string of the molecule is CN(C)c1c(CN[C@H]2CC3CCC2(C)C3(C)C)cc(O)c2c1C[C@H]1C[C@H]3[C@H](N(C)C)C(O)=C(C(N)=O)C(=O)[C@@]3(O)C(O)=C1C2=O. The molecule has 1 aromatic carbocycles. The van der Waals surface area contributed by atoms with Crippen molar-refractivity contribution in [3.8, 4) is 5.75 Å². The molecule has 11 nitrogen and oxygen atoms in total. The lowest BCUT2D eigenvalue weighted by atomic mass is 9.58. The van der Waals surface area contributed by atoms with Gasteiger partial charge in [0, 0.05) is 43.9 Å². The molecular weight excluding hydrogens is 576 g/mol. The minimum atomic E-state index is -2.65. The van der Waals surface area contributed by atoms with Crippen molar-refractivity contribution in [2.24, 2.45) is 34.3 Å². The smallest absolute Gasteiger partial charge is 0.255 e. The van der Waals surface area contributed by atoms with Gasteiger partial charge in [0.05, 0.1) is 11.6 Å². The second-order valence-electron chi connectivity index (χ2n) is 15.2. The predicted molar refractivity (Wildman–Crippen MR) is 168 cm³/mol. The first kappa shape index (κ1) is 31.6. The molecule has 0 aliphatic heterocycles. The summed E-state index contributed by atoms with van der Waals surface area (Å²) >= 11 is 0. The zero-order valence-corrected chi connectivity index (χ0v) is 27.2. The van der Waals surface area contributed by atoms with Crippen LogP contribution in [0.3, 0.4) is 0 Å². The second-order valence-corrected chi connectivity index (χ2v) is 15.2. The Morgan fingerprint density at radius 3 is 2.29 bits per heavy atom. The topological polar surface area (TPSA) is 177 Å². The van der Waals surface area contributed by atoms with Crippen molar-refractivity contribution >= 4 is 23.2 Å². The fourth-order valence-corrected chi connectivity index (χ4v) is 9.81. The van der Waals surface area contributed by atoms with E-state index in [0.29, 0.717) is 24.1 Å². The molecule has 5 aliphatic rings. The minimum absolute atomic E-state index is 0.0243. The maximum absolute atomic E-state index is 14.2. The predicted octanol–water partition coefficient (Wildman–Crippen LogP) is 2.49. The zero-order valence-electron chi connectivity index (χ0n) is 27.2. The Kier molecular flexibility index (Phi) is 7.05. The maximum atomic E-state index is 14.2. The Morgan fingerprint density at radius 1 is 1.09 bits per heavy atom. The van der Waals surface area contributed by atoms with Crippen LogP contribution in [0.25, 0.3) is 0 Å². The quantitative estimate of drug-likeness (QED) is 0.259. The highest BCUT2D eigenvalue weighted by atomic mass is 16.3. The Bertz CT molecular complexity index is 1590. The van der Waals surface area contributed by atoms with Gasteiger partial charge in [-0.3, -0.25) is 19.3 Å². The number of aromatic hydroxyl groups is 1. The van der Waals surface area contributed by atoms with Gasteiger partial charge in [0.15, 0.2) is 11.4 Å². The number of phenols is 1. The number of carbonyl (C=O) groups is 3. The molecule has 0 heterocycles. The molecule has 0 spiro atoms. The van der Waals surface area contributed by atoms with Gasteiger partial charge in [-0.2, -0.15) is 0 Å². The van der Waals surface area contributed by atoms with Crippen LogP contribution < -0.4 is 16.0 Å². The third-order valence-corrected chi connectivity index (χ3v) is 12.6. The summed E-state index contributed by atoms with van der Waals surface area (Å²) in [5.74, 6) is -5.85. The first-order valence-electron chi connectivity index (χ1n) is 15.8. The molecule has 6 rings (SSSR count). The van der Waals surface area contributed by atoms with Crippen molar-refractivity contribution in [1.82, 2.24) is 10.2 Å². The van der Waals surface area contributed by atoms with Crippen LogP contribution in [-0.4, -0.2) is 88.7 Å². The fourth-order valence-electron chi connectivity index (χ4n) is 9.81. The van der Waals surface area contributed by atoms with Crippen LogP contribution in [0.2, 0.25) is 0 Å². The minimum Gasteiger partial charge on any atom is -0.510 e. The van der Waals surface area contributed by atoms with Crippen LogP contribution in [0, 0.1) is 28.6 Å². The van der Waals surface area contributed by atoms with Gasteiger partial charge in [-0.25, -0.2) is 0 Å². The van der Waals surface area contributed by atoms with E-state index in [9.17, 15) is 34.8 Å². The maximum Gasteiger partial charge on any atom is 0.255 e. The largest absolute Gasteiger partial charge is 0.510 e. The molecule has 0 radical (unpaired) electrons. The van der Waals surface area contributed by atoms with Gasteiger partial charge < -0.3 is 36.4 Å². The Morgan fingerprint density at radius 2 is 1.76 bits per heavy atom. The number of amides is 1. The number of nitrogens with two attached hydrogens (primary N) is 1. The lowest BCUT2D eigenvalue weighted by Gasteiger charge is -2.50. The fraction of sp³-hybridized carbons (Fsp3) is 0.618. The van der Waals surface area contributed by atoms with E-state index < -0.39 is 58.0 Å². The van der Waals surface area contributed by atoms with E-state index in [1.165, 1.54) is 12.8 Å². The summed E-state index contributed by atoms with van der Waals surface area (Å²) in [6, 6.07) is 0.888. The van der Waals surface area contributed by atoms with Crippen LogP contribution in [0.5, 0.6) is 5.75 Å². The molecular formula is C34H46N4O7.